The van der Waals surface area contributed by atoms with E-state index in [1.54, 1.807) is 0 Å². The summed E-state index contributed by atoms with van der Waals surface area (Å²) >= 11 is 0. The summed E-state index contributed by atoms with van der Waals surface area (Å²) < 4.78 is 0. The number of hydrogen-bond donors (Lipinski definition) is 0. The lowest BCUT2D eigenvalue weighted by Crippen LogP contribution is -1.93. The summed E-state index contributed by atoms with van der Waals surface area (Å²) in [5.74, 6) is 0.571. The predicted molar refractivity (Wildman–Crippen MR) is 60.6 cm³/mol. The standard InChI is InChI=1S/C13H15N/c1-9(2)12-7-6-11-5-4-8-14-13(11)10(12)3/h4-9H,1-3H3. The van der Waals surface area contributed by atoms with Crippen molar-refractivity contribution in [1.29, 1.82) is 0 Å². The number of nitrogens with zero attached hydrogens (tertiary/aromatic N) is 1. The second kappa shape index (κ2) is 3.41. The number of aromatic nitrogens is 1. The Morgan fingerprint density at radius 2 is 1.93 bits per heavy atom. The summed E-state index contributed by atoms with van der Waals surface area (Å²) in [4.78, 5) is 4.42. The maximum absolute atomic E-state index is 4.42. The van der Waals surface area contributed by atoms with Gasteiger partial charge in [0.05, 0.1) is 5.52 Å². The minimum absolute atomic E-state index is 0.571. The van der Waals surface area contributed by atoms with Crippen LogP contribution in [-0.2, 0) is 0 Å². The van der Waals surface area contributed by atoms with Gasteiger partial charge in [-0.15, -0.1) is 0 Å². The van der Waals surface area contributed by atoms with Crippen LogP contribution in [0.2, 0.25) is 0 Å². The van der Waals surface area contributed by atoms with Crippen molar-refractivity contribution in [3.05, 3.63) is 41.6 Å². The van der Waals surface area contributed by atoms with Gasteiger partial charge in [-0.25, -0.2) is 0 Å². The fourth-order valence-electron chi connectivity index (χ4n) is 1.93. The maximum atomic E-state index is 4.42. The molecule has 0 aliphatic heterocycles. The number of benzene rings is 1. The molecule has 0 N–H and O–H groups in total. The normalized spacial score (nSPS) is 11.1. The van der Waals surface area contributed by atoms with E-state index in [9.17, 15) is 0 Å². The van der Waals surface area contributed by atoms with Crippen molar-refractivity contribution in [3.63, 3.8) is 0 Å². The van der Waals surface area contributed by atoms with E-state index in [0.29, 0.717) is 5.92 Å². The smallest absolute Gasteiger partial charge is 0.0733 e. The third-order valence-electron chi connectivity index (χ3n) is 2.69. The molecule has 1 heterocycles. The van der Waals surface area contributed by atoms with E-state index in [1.807, 2.05) is 12.3 Å². The molecule has 0 aliphatic rings. The van der Waals surface area contributed by atoms with E-state index in [0.717, 1.165) is 5.52 Å². The average Bonchev–Trinajstić information content (AvgIpc) is 2.18. The van der Waals surface area contributed by atoms with E-state index in [-0.39, 0.29) is 0 Å². The van der Waals surface area contributed by atoms with Gasteiger partial charge in [0.25, 0.3) is 0 Å². The van der Waals surface area contributed by atoms with E-state index in [1.165, 1.54) is 16.5 Å². The van der Waals surface area contributed by atoms with Crippen molar-refractivity contribution >= 4 is 10.9 Å². The minimum Gasteiger partial charge on any atom is -0.256 e. The van der Waals surface area contributed by atoms with Gasteiger partial charge in [0.2, 0.25) is 0 Å². The molecule has 1 aromatic heterocycles. The van der Waals surface area contributed by atoms with Crippen LogP contribution >= 0.6 is 0 Å². The Hall–Kier alpha value is -1.37. The number of rotatable bonds is 1. The summed E-state index contributed by atoms with van der Waals surface area (Å²) in [5, 5.41) is 1.23. The zero-order chi connectivity index (χ0) is 10.1. The molecule has 72 valence electrons. The molecule has 1 aromatic carbocycles. The zero-order valence-corrected chi connectivity index (χ0v) is 8.91. The summed E-state index contributed by atoms with van der Waals surface area (Å²) in [6, 6.07) is 8.46. The number of fused-ring (bicyclic) bond motifs is 1. The third kappa shape index (κ3) is 1.39. The Kier molecular flexibility index (Phi) is 2.24. The molecular weight excluding hydrogens is 170 g/mol. The number of aryl methyl sites for hydroxylation is 1. The molecule has 1 heteroatoms. The fraction of sp³-hybridized carbons (Fsp3) is 0.308. The van der Waals surface area contributed by atoms with Gasteiger partial charge in [-0.05, 0) is 30.0 Å². The van der Waals surface area contributed by atoms with Crippen molar-refractivity contribution in [1.82, 2.24) is 4.98 Å². The van der Waals surface area contributed by atoms with Crippen LogP contribution in [0, 0.1) is 6.92 Å². The molecule has 0 saturated carbocycles. The van der Waals surface area contributed by atoms with Crippen molar-refractivity contribution in [2.45, 2.75) is 26.7 Å². The Bertz CT molecular complexity index is 458. The molecular formula is C13H15N. The zero-order valence-electron chi connectivity index (χ0n) is 8.91. The molecule has 2 rings (SSSR count). The summed E-state index contributed by atoms with van der Waals surface area (Å²) in [6.07, 6.45) is 1.86. The molecule has 14 heavy (non-hydrogen) atoms. The first-order chi connectivity index (χ1) is 6.70. The van der Waals surface area contributed by atoms with Crippen LogP contribution < -0.4 is 0 Å². The van der Waals surface area contributed by atoms with Gasteiger partial charge in [0, 0.05) is 11.6 Å². The van der Waals surface area contributed by atoms with Gasteiger partial charge >= 0.3 is 0 Å². The van der Waals surface area contributed by atoms with Gasteiger partial charge in [0.1, 0.15) is 0 Å². The average molecular weight is 185 g/mol. The van der Waals surface area contributed by atoms with Crippen molar-refractivity contribution in [3.8, 4) is 0 Å². The first-order valence-corrected chi connectivity index (χ1v) is 5.04. The molecule has 1 nitrogen and oxygen atoms in total. The summed E-state index contributed by atoms with van der Waals surface area (Å²) in [5.41, 5.74) is 3.85. The summed E-state index contributed by atoms with van der Waals surface area (Å²) in [7, 11) is 0. The number of pyridine rings is 1. The van der Waals surface area contributed by atoms with Crippen LogP contribution in [0.5, 0.6) is 0 Å². The quantitative estimate of drug-likeness (QED) is 0.660. The molecule has 0 amide bonds. The molecule has 0 atom stereocenters. The maximum Gasteiger partial charge on any atom is 0.0733 e. The number of hydrogen-bond acceptors (Lipinski definition) is 1. The van der Waals surface area contributed by atoms with E-state index in [4.69, 9.17) is 0 Å². The summed E-state index contributed by atoms with van der Waals surface area (Å²) in [6.45, 7) is 6.60. The lowest BCUT2D eigenvalue weighted by Gasteiger charge is -2.11. The van der Waals surface area contributed by atoms with Gasteiger partial charge in [0.15, 0.2) is 0 Å². The minimum atomic E-state index is 0.571. The van der Waals surface area contributed by atoms with Crippen molar-refractivity contribution in [2.75, 3.05) is 0 Å². The van der Waals surface area contributed by atoms with Crippen LogP contribution in [0.15, 0.2) is 30.5 Å². The second-order valence-electron chi connectivity index (χ2n) is 4.01. The second-order valence-corrected chi connectivity index (χ2v) is 4.01. The van der Waals surface area contributed by atoms with Gasteiger partial charge in [-0.3, -0.25) is 4.98 Å². The lowest BCUT2D eigenvalue weighted by atomic mass is 9.96. The highest BCUT2D eigenvalue weighted by Crippen LogP contribution is 2.24. The molecule has 0 bridgehead atoms. The molecule has 0 spiro atoms. The Labute approximate surface area is 84.8 Å². The molecule has 0 fully saturated rings. The topological polar surface area (TPSA) is 12.9 Å². The first kappa shape index (κ1) is 9.20. The Morgan fingerprint density at radius 1 is 1.14 bits per heavy atom. The van der Waals surface area contributed by atoms with Gasteiger partial charge < -0.3 is 0 Å². The largest absolute Gasteiger partial charge is 0.256 e. The SMILES string of the molecule is Cc1c(C(C)C)ccc2cccnc12. The molecule has 0 unspecified atom stereocenters. The van der Waals surface area contributed by atoms with Crippen LogP contribution in [-0.4, -0.2) is 4.98 Å². The van der Waals surface area contributed by atoms with Gasteiger partial charge in [-0.1, -0.05) is 32.0 Å². The molecule has 0 aliphatic carbocycles. The van der Waals surface area contributed by atoms with Crippen LogP contribution in [0.3, 0.4) is 0 Å². The van der Waals surface area contributed by atoms with Crippen molar-refractivity contribution in [2.24, 2.45) is 0 Å². The van der Waals surface area contributed by atoms with Crippen molar-refractivity contribution < 1.29 is 0 Å². The highest BCUT2D eigenvalue weighted by Gasteiger charge is 2.06. The monoisotopic (exact) mass is 185 g/mol. The van der Waals surface area contributed by atoms with E-state index >= 15 is 0 Å². The molecule has 0 radical (unpaired) electrons. The van der Waals surface area contributed by atoms with Crippen LogP contribution in [0.25, 0.3) is 10.9 Å². The highest BCUT2D eigenvalue weighted by molar-refractivity contribution is 5.82. The van der Waals surface area contributed by atoms with E-state index in [2.05, 4.69) is 44.0 Å². The van der Waals surface area contributed by atoms with Crippen LogP contribution in [0.1, 0.15) is 30.9 Å². The highest BCUT2D eigenvalue weighted by atomic mass is 14.6. The lowest BCUT2D eigenvalue weighted by molar-refractivity contribution is 0.858. The fourth-order valence-corrected chi connectivity index (χ4v) is 1.93. The molecule has 0 saturated heterocycles. The van der Waals surface area contributed by atoms with Gasteiger partial charge in [-0.2, -0.15) is 0 Å². The van der Waals surface area contributed by atoms with E-state index < -0.39 is 0 Å². The van der Waals surface area contributed by atoms with Crippen LogP contribution in [0.4, 0.5) is 0 Å². The molecule has 2 aromatic rings. The predicted octanol–water partition coefficient (Wildman–Crippen LogP) is 3.67. The Morgan fingerprint density at radius 3 is 2.64 bits per heavy atom. The third-order valence-corrected chi connectivity index (χ3v) is 2.69. The Balaban J connectivity index is 2.75. The first-order valence-electron chi connectivity index (χ1n) is 5.04.